The summed E-state index contributed by atoms with van der Waals surface area (Å²) >= 11 is 0. The van der Waals surface area contributed by atoms with Gasteiger partial charge in [0.15, 0.2) is 0 Å². The molecule has 2 aliphatic carbocycles. The van der Waals surface area contributed by atoms with Gasteiger partial charge in [-0.05, 0) is 141 Å². The first-order chi connectivity index (χ1) is 25.2. The van der Waals surface area contributed by atoms with E-state index in [1.165, 1.54) is 99.4 Å². The second kappa shape index (κ2) is 11.1. The van der Waals surface area contributed by atoms with E-state index in [1.807, 2.05) is 6.07 Å². The Bertz CT molecular complexity index is 2780. The van der Waals surface area contributed by atoms with E-state index in [2.05, 4.69) is 173 Å². The minimum absolute atomic E-state index is 0.0656. The van der Waals surface area contributed by atoms with Crippen LogP contribution < -0.4 is 0 Å². The van der Waals surface area contributed by atoms with Crippen LogP contribution in [0.3, 0.4) is 0 Å². The molecule has 1 heteroatoms. The standard InChI is InChI=1S/C51H40O/c1-50(2)46-23-31(30-52)9-19-42(46)43-21-17-40(28-47(43)50)41-18-22-45-44-20-16-39(27-48(44)51(3,4)49(45)29-41)38-15-14-36-25-35(12-13-37(36)26-38)34-11-10-32-7-5-6-8-33(32)24-34/h5-29,52H,30H2,1-4H3. The lowest BCUT2D eigenvalue weighted by molar-refractivity contribution is 0.281. The van der Waals surface area contributed by atoms with Crippen LogP contribution in [0.1, 0.15) is 55.5 Å². The van der Waals surface area contributed by atoms with Gasteiger partial charge in [-0.15, -0.1) is 0 Å². The minimum atomic E-state index is -0.130. The second-order valence-electron chi connectivity index (χ2n) is 15.9. The van der Waals surface area contributed by atoms with Crippen LogP contribution in [-0.4, -0.2) is 5.11 Å². The molecular weight excluding hydrogens is 629 g/mol. The number of aliphatic hydroxyl groups excluding tert-OH is 1. The van der Waals surface area contributed by atoms with Crippen molar-refractivity contribution in [1.82, 2.24) is 0 Å². The van der Waals surface area contributed by atoms with Gasteiger partial charge in [0.25, 0.3) is 0 Å². The zero-order valence-corrected chi connectivity index (χ0v) is 30.1. The fraction of sp³-hybridized carbons (Fsp3) is 0.137. The summed E-state index contributed by atoms with van der Waals surface area (Å²) in [6.45, 7) is 9.43. The Morgan fingerprint density at radius 3 is 1.12 bits per heavy atom. The molecule has 8 aromatic carbocycles. The van der Waals surface area contributed by atoms with Gasteiger partial charge < -0.3 is 5.11 Å². The zero-order chi connectivity index (χ0) is 35.4. The van der Waals surface area contributed by atoms with E-state index in [-0.39, 0.29) is 17.4 Å². The summed E-state index contributed by atoms with van der Waals surface area (Å²) in [5, 5.41) is 14.9. The maximum atomic E-state index is 9.81. The molecule has 250 valence electrons. The first-order valence-corrected chi connectivity index (χ1v) is 18.4. The molecule has 0 unspecified atom stereocenters. The largest absolute Gasteiger partial charge is 0.392 e. The summed E-state index contributed by atoms with van der Waals surface area (Å²) in [4.78, 5) is 0. The highest BCUT2D eigenvalue weighted by atomic mass is 16.3. The Hall–Kier alpha value is -5.76. The molecule has 8 aromatic rings. The maximum absolute atomic E-state index is 9.81. The molecule has 1 N–H and O–H groups in total. The average molecular weight is 669 g/mol. The molecule has 10 rings (SSSR count). The Morgan fingerprint density at radius 1 is 0.346 bits per heavy atom. The molecule has 0 spiro atoms. The molecule has 1 nitrogen and oxygen atoms in total. The lowest BCUT2D eigenvalue weighted by atomic mass is 9.79. The molecule has 0 heterocycles. The molecule has 0 saturated carbocycles. The minimum Gasteiger partial charge on any atom is -0.392 e. The van der Waals surface area contributed by atoms with Crippen LogP contribution in [0.5, 0.6) is 0 Å². The van der Waals surface area contributed by atoms with Gasteiger partial charge in [-0.3, -0.25) is 0 Å². The molecule has 0 aromatic heterocycles. The van der Waals surface area contributed by atoms with Crippen molar-refractivity contribution in [2.24, 2.45) is 0 Å². The number of fused-ring (bicyclic) bond motifs is 8. The van der Waals surface area contributed by atoms with Gasteiger partial charge in [0, 0.05) is 10.8 Å². The highest BCUT2D eigenvalue weighted by Gasteiger charge is 2.37. The van der Waals surface area contributed by atoms with E-state index in [9.17, 15) is 5.11 Å². The van der Waals surface area contributed by atoms with Gasteiger partial charge in [0.2, 0.25) is 0 Å². The third-order valence-electron chi connectivity index (χ3n) is 12.2. The van der Waals surface area contributed by atoms with Crippen molar-refractivity contribution in [2.75, 3.05) is 0 Å². The van der Waals surface area contributed by atoms with Crippen LogP contribution in [0.4, 0.5) is 0 Å². The second-order valence-corrected chi connectivity index (χ2v) is 15.9. The zero-order valence-electron chi connectivity index (χ0n) is 30.1. The summed E-state index contributed by atoms with van der Waals surface area (Å²) in [5.41, 5.74) is 18.9. The number of hydrogen-bond acceptors (Lipinski definition) is 1. The molecule has 0 atom stereocenters. The summed E-state index contributed by atoms with van der Waals surface area (Å²) in [6, 6.07) is 56.5. The molecule has 0 saturated heterocycles. The smallest absolute Gasteiger partial charge is 0.0681 e. The number of hydrogen-bond donors (Lipinski definition) is 1. The summed E-state index contributed by atoms with van der Waals surface area (Å²) in [5.74, 6) is 0. The summed E-state index contributed by atoms with van der Waals surface area (Å²) < 4.78 is 0. The first kappa shape index (κ1) is 31.0. The monoisotopic (exact) mass is 668 g/mol. The first-order valence-electron chi connectivity index (χ1n) is 18.4. The average Bonchev–Trinajstić information content (AvgIpc) is 3.55. The van der Waals surface area contributed by atoms with Crippen LogP contribution in [-0.2, 0) is 17.4 Å². The van der Waals surface area contributed by atoms with Gasteiger partial charge in [0.05, 0.1) is 6.61 Å². The van der Waals surface area contributed by atoms with Gasteiger partial charge >= 0.3 is 0 Å². The third kappa shape index (κ3) is 4.59. The molecule has 0 radical (unpaired) electrons. The quantitative estimate of drug-likeness (QED) is 0.198. The van der Waals surface area contributed by atoms with Crippen molar-refractivity contribution in [3.63, 3.8) is 0 Å². The van der Waals surface area contributed by atoms with Crippen molar-refractivity contribution in [1.29, 1.82) is 0 Å². The van der Waals surface area contributed by atoms with Gasteiger partial charge in [0.1, 0.15) is 0 Å². The van der Waals surface area contributed by atoms with Crippen LogP contribution >= 0.6 is 0 Å². The van der Waals surface area contributed by atoms with Crippen molar-refractivity contribution in [2.45, 2.75) is 45.1 Å². The van der Waals surface area contributed by atoms with Crippen molar-refractivity contribution < 1.29 is 5.11 Å². The fourth-order valence-corrected chi connectivity index (χ4v) is 9.13. The SMILES string of the molecule is CC1(C)c2cc(CO)ccc2-c2ccc(-c3ccc4c(c3)C(C)(C)c3cc(-c5ccc6cc(-c7ccc8ccccc8c7)ccc6c5)ccc3-4)cc21. The van der Waals surface area contributed by atoms with Gasteiger partial charge in [-0.2, -0.15) is 0 Å². The molecular formula is C51H40O. The van der Waals surface area contributed by atoms with E-state index in [4.69, 9.17) is 0 Å². The molecule has 0 bridgehead atoms. The third-order valence-corrected chi connectivity index (χ3v) is 12.2. The number of rotatable bonds is 4. The molecule has 52 heavy (non-hydrogen) atoms. The van der Waals surface area contributed by atoms with E-state index in [1.54, 1.807) is 0 Å². The highest BCUT2D eigenvalue weighted by molar-refractivity contribution is 5.94. The lowest BCUT2D eigenvalue weighted by Crippen LogP contribution is -2.16. The van der Waals surface area contributed by atoms with Crippen molar-refractivity contribution >= 4 is 21.5 Å². The number of benzene rings is 8. The maximum Gasteiger partial charge on any atom is 0.0681 e. The van der Waals surface area contributed by atoms with Crippen molar-refractivity contribution in [3.05, 3.63) is 179 Å². The van der Waals surface area contributed by atoms with Crippen LogP contribution in [0, 0.1) is 0 Å². The Morgan fingerprint density at radius 2 is 0.673 bits per heavy atom. The van der Waals surface area contributed by atoms with E-state index in [0.717, 1.165) is 5.56 Å². The lowest BCUT2D eigenvalue weighted by Gasteiger charge is -2.24. The molecule has 2 aliphatic rings. The van der Waals surface area contributed by atoms with E-state index in [0.29, 0.717) is 0 Å². The summed E-state index contributed by atoms with van der Waals surface area (Å²) in [6.07, 6.45) is 0. The normalized spacial score (nSPS) is 14.6. The Kier molecular flexibility index (Phi) is 6.63. The Labute approximate surface area is 305 Å². The Balaban J connectivity index is 0.969. The van der Waals surface area contributed by atoms with Gasteiger partial charge in [-0.1, -0.05) is 143 Å². The van der Waals surface area contributed by atoms with Crippen LogP contribution in [0.25, 0.3) is 77.2 Å². The predicted molar refractivity (Wildman–Crippen MR) is 219 cm³/mol. The molecule has 0 fully saturated rings. The van der Waals surface area contributed by atoms with Gasteiger partial charge in [-0.25, -0.2) is 0 Å². The predicted octanol–water partition coefficient (Wildman–Crippen LogP) is 13.1. The van der Waals surface area contributed by atoms with E-state index >= 15 is 0 Å². The van der Waals surface area contributed by atoms with Crippen molar-refractivity contribution in [3.8, 4) is 55.6 Å². The van der Waals surface area contributed by atoms with E-state index < -0.39 is 0 Å². The highest BCUT2D eigenvalue weighted by Crippen LogP contribution is 2.53. The van der Waals surface area contributed by atoms with Crippen LogP contribution in [0.15, 0.2) is 152 Å². The fourth-order valence-electron chi connectivity index (χ4n) is 9.13. The summed E-state index contributed by atoms with van der Waals surface area (Å²) in [7, 11) is 0. The molecule has 0 aliphatic heterocycles. The topological polar surface area (TPSA) is 20.2 Å². The molecule has 0 amide bonds. The van der Waals surface area contributed by atoms with Crippen LogP contribution in [0.2, 0.25) is 0 Å². The number of aliphatic hydroxyl groups is 1.